The molecule has 4 nitrogen and oxygen atoms in total. The minimum absolute atomic E-state index is 0.413. The maximum absolute atomic E-state index is 13.2. The lowest BCUT2D eigenvalue weighted by Crippen LogP contribution is -2.20. The Hall–Kier alpha value is -2.56. The highest BCUT2D eigenvalue weighted by molar-refractivity contribution is 5.79. The summed E-state index contributed by atoms with van der Waals surface area (Å²) in [6, 6.07) is 11.5. The lowest BCUT2D eigenvalue weighted by Gasteiger charge is -2.16. The molecular formula is C16H16FNO3. The van der Waals surface area contributed by atoms with Crippen molar-refractivity contribution in [1.29, 1.82) is 0 Å². The number of carbonyl (C=O) groups is 1. The van der Waals surface area contributed by atoms with Crippen LogP contribution in [-0.2, 0) is 4.79 Å². The minimum atomic E-state index is -1.04. The van der Waals surface area contributed by atoms with E-state index in [1.54, 1.807) is 30.3 Å². The number of anilines is 1. The molecule has 0 aliphatic heterocycles. The lowest BCUT2D eigenvalue weighted by atomic mass is 10.1. The monoisotopic (exact) mass is 289 g/mol. The fourth-order valence-electron chi connectivity index (χ4n) is 1.96. The van der Waals surface area contributed by atoms with E-state index in [9.17, 15) is 14.3 Å². The molecule has 1 atom stereocenters. The number of rotatable bonds is 6. The van der Waals surface area contributed by atoms with E-state index in [0.717, 1.165) is 0 Å². The molecule has 0 aliphatic carbocycles. The number of ether oxygens (including phenoxy) is 1. The molecule has 0 fully saturated rings. The van der Waals surface area contributed by atoms with Crippen LogP contribution in [0.3, 0.4) is 0 Å². The van der Waals surface area contributed by atoms with E-state index in [1.165, 1.54) is 18.2 Å². The van der Waals surface area contributed by atoms with E-state index in [4.69, 9.17) is 4.74 Å². The lowest BCUT2D eigenvalue weighted by molar-refractivity contribution is -0.138. The SMILES string of the molecule is CCOc1ccc(C(Nc2cccc(F)c2)C(=O)O)cc1. The van der Waals surface area contributed by atoms with Crippen molar-refractivity contribution in [3.63, 3.8) is 0 Å². The van der Waals surface area contributed by atoms with Crippen molar-refractivity contribution in [1.82, 2.24) is 0 Å². The molecule has 0 heterocycles. The third-order valence-electron chi connectivity index (χ3n) is 2.91. The van der Waals surface area contributed by atoms with E-state index in [0.29, 0.717) is 23.6 Å². The normalized spacial score (nSPS) is 11.7. The highest BCUT2D eigenvalue weighted by Crippen LogP contribution is 2.23. The fraction of sp³-hybridized carbons (Fsp3) is 0.188. The Morgan fingerprint density at radius 1 is 1.29 bits per heavy atom. The van der Waals surface area contributed by atoms with Crippen LogP contribution in [-0.4, -0.2) is 17.7 Å². The molecule has 0 amide bonds. The summed E-state index contributed by atoms with van der Waals surface area (Å²) >= 11 is 0. The Kier molecular flexibility index (Phi) is 4.77. The highest BCUT2D eigenvalue weighted by atomic mass is 19.1. The second kappa shape index (κ2) is 6.74. The molecule has 0 aliphatic rings. The largest absolute Gasteiger partial charge is 0.494 e. The first-order valence-electron chi connectivity index (χ1n) is 6.58. The van der Waals surface area contributed by atoms with Crippen molar-refractivity contribution in [2.75, 3.05) is 11.9 Å². The molecular weight excluding hydrogens is 273 g/mol. The predicted octanol–water partition coefficient (Wildman–Crippen LogP) is 3.46. The third-order valence-corrected chi connectivity index (χ3v) is 2.91. The van der Waals surface area contributed by atoms with Crippen molar-refractivity contribution >= 4 is 11.7 Å². The van der Waals surface area contributed by atoms with Gasteiger partial charge in [0.15, 0.2) is 6.04 Å². The molecule has 0 saturated carbocycles. The van der Waals surface area contributed by atoms with Crippen molar-refractivity contribution in [3.05, 3.63) is 59.9 Å². The average molecular weight is 289 g/mol. The number of benzene rings is 2. The maximum atomic E-state index is 13.2. The molecule has 2 rings (SSSR count). The molecule has 5 heteroatoms. The first-order valence-corrected chi connectivity index (χ1v) is 6.58. The molecule has 1 unspecified atom stereocenters. The van der Waals surface area contributed by atoms with Gasteiger partial charge in [-0.2, -0.15) is 0 Å². The molecule has 110 valence electrons. The van der Waals surface area contributed by atoms with E-state index < -0.39 is 17.8 Å². The summed E-state index contributed by atoms with van der Waals surface area (Å²) in [5.41, 5.74) is 0.978. The Bertz CT molecular complexity index is 613. The van der Waals surface area contributed by atoms with Gasteiger partial charge in [0.2, 0.25) is 0 Å². The van der Waals surface area contributed by atoms with Gasteiger partial charge in [-0.25, -0.2) is 9.18 Å². The van der Waals surface area contributed by atoms with Gasteiger partial charge in [-0.15, -0.1) is 0 Å². The summed E-state index contributed by atoms with van der Waals surface area (Å²) in [6.45, 7) is 2.42. The van der Waals surface area contributed by atoms with E-state index in [2.05, 4.69) is 5.32 Å². The van der Waals surface area contributed by atoms with Gasteiger partial charge in [0.1, 0.15) is 11.6 Å². The number of carboxylic acids is 1. The van der Waals surface area contributed by atoms with Gasteiger partial charge in [-0.3, -0.25) is 0 Å². The van der Waals surface area contributed by atoms with Gasteiger partial charge >= 0.3 is 5.97 Å². The minimum Gasteiger partial charge on any atom is -0.494 e. The van der Waals surface area contributed by atoms with Crippen LogP contribution >= 0.6 is 0 Å². The summed E-state index contributed by atoms with van der Waals surface area (Å²) in [5.74, 6) is -0.782. The number of halogens is 1. The van der Waals surface area contributed by atoms with Gasteiger partial charge in [0.05, 0.1) is 6.61 Å². The third kappa shape index (κ3) is 3.95. The zero-order valence-corrected chi connectivity index (χ0v) is 11.5. The van der Waals surface area contributed by atoms with Crippen molar-refractivity contribution in [2.45, 2.75) is 13.0 Å². The van der Waals surface area contributed by atoms with Crippen LogP contribution in [0.2, 0.25) is 0 Å². The number of aliphatic carboxylic acids is 1. The van der Waals surface area contributed by atoms with Crippen LogP contribution < -0.4 is 10.1 Å². The molecule has 0 spiro atoms. The first kappa shape index (κ1) is 14.8. The average Bonchev–Trinajstić information content (AvgIpc) is 2.46. The van der Waals surface area contributed by atoms with Crippen LogP contribution in [0.25, 0.3) is 0 Å². The second-order valence-electron chi connectivity index (χ2n) is 4.43. The Balaban J connectivity index is 2.20. The van der Waals surface area contributed by atoms with E-state index in [1.807, 2.05) is 6.92 Å². The van der Waals surface area contributed by atoms with E-state index >= 15 is 0 Å². The molecule has 0 radical (unpaired) electrons. The molecule has 21 heavy (non-hydrogen) atoms. The number of hydrogen-bond acceptors (Lipinski definition) is 3. The van der Waals surface area contributed by atoms with Crippen LogP contribution in [0.15, 0.2) is 48.5 Å². The highest BCUT2D eigenvalue weighted by Gasteiger charge is 2.19. The van der Waals surface area contributed by atoms with Crippen molar-refractivity contribution < 1.29 is 19.0 Å². The smallest absolute Gasteiger partial charge is 0.330 e. The molecule has 2 N–H and O–H groups in total. The Morgan fingerprint density at radius 3 is 2.57 bits per heavy atom. The van der Waals surface area contributed by atoms with Crippen LogP contribution in [0.1, 0.15) is 18.5 Å². The van der Waals surface area contributed by atoms with Gasteiger partial charge in [-0.05, 0) is 42.8 Å². The van der Waals surface area contributed by atoms with Crippen molar-refractivity contribution in [2.24, 2.45) is 0 Å². The zero-order chi connectivity index (χ0) is 15.2. The summed E-state index contributed by atoms with van der Waals surface area (Å²) < 4.78 is 18.5. The number of hydrogen-bond donors (Lipinski definition) is 2. The van der Waals surface area contributed by atoms with Crippen molar-refractivity contribution in [3.8, 4) is 5.75 Å². The Morgan fingerprint density at radius 2 is 2.00 bits per heavy atom. The number of carboxylic acid groups (broad SMARTS) is 1. The predicted molar refractivity (Wildman–Crippen MR) is 78.0 cm³/mol. The quantitative estimate of drug-likeness (QED) is 0.855. The molecule has 2 aromatic carbocycles. The molecule has 0 aromatic heterocycles. The van der Waals surface area contributed by atoms with Crippen LogP contribution in [0.4, 0.5) is 10.1 Å². The van der Waals surface area contributed by atoms with Gasteiger partial charge < -0.3 is 15.2 Å². The van der Waals surface area contributed by atoms with Gasteiger partial charge in [0, 0.05) is 5.69 Å². The molecule has 2 aromatic rings. The van der Waals surface area contributed by atoms with Gasteiger partial charge in [-0.1, -0.05) is 18.2 Å². The summed E-state index contributed by atoms with van der Waals surface area (Å²) in [4.78, 5) is 11.4. The van der Waals surface area contributed by atoms with E-state index in [-0.39, 0.29) is 0 Å². The topological polar surface area (TPSA) is 58.6 Å². The molecule has 0 saturated heterocycles. The standard InChI is InChI=1S/C16H16FNO3/c1-2-21-14-8-6-11(7-9-14)15(16(19)20)18-13-5-3-4-12(17)10-13/h3-10,15,18H,2H2,1H3,(H,19,20). The van der Waals surface area contributed by atoms with Crippen LogP contribution in [0, 0.1) is 5.82 Å². The molecule has 0 bridgehead atoms. The maximum Gasteiger partial charge on any atom is 0.330 e. The number of nitrogens with one attached hydrogen (secondary N) is 1. The van der Waals surface area contributed by atoms with Crippen LogP contribution in [0.5, 0.6) is 5.75 Å². The fourth-order valence-corrected chi connectivity index (χ4v) is 1.96. The van der Waals surface area contributed by atoms with Gasteiger partial charge in [0.25, 0.3) is 0 Å². The Labute approximate surface area is 122 Å². The summed E-state index contributed by atoms with van der Waals surface area (Å²) in [6.07, 6.45) is 0. The zero-order valence-electron chi connectivity index (χ0n) is 11.5. The second-order valence-corrected chi connectivity index (χ2v) is 4.43. The summed E-state index contributed by atoms with van der Waals surface area (Å²) in [5, 5.41) is 12.1. The summed E-state index contributed by atoms with van der Waals surface area (Å²) in [7, 11) is 0. The first-order chi connectivity index (χ1) is 10.1.